The molecular weight excluding hydrogens is 374 g/mol. The molecule has 28 heavy (non-hydrogen) atoms. The fourth-order valence-corrected chi connectivity index (χ4v) is 1.86. The number of nitro benzene ring substituents is 2. The van der Waals surface area contributed by atoms with Crippen LogP contribution in [0.5, 0.6) is 11.5 Å². The van der Waals surface area contributed by atoms with E-state index in [0.29, 0.717) is 0 Å². The van der Waals surface area contributed by atoms with Crippen LogP contribution in [0, 0.1) is 20.2 Å². The van der Waals surface area contributed by atoms with Crippen molar-refractivity contribution in [3.63, 3.8) is 0 Å². The Kier molecular flexibility index (Phi) is 6.15. The molecule has 0 aliphatic rings. The highest BCUT2D eigenvalue weighted by Gasteiger charge is 2.09. The number of nitrogens with two attached hydrogens (primary N) is 1. The molecule has 0 saturated heterocycles. The number of non-ortho nitro benzene ring substituents is 2. The van der Waals surface area contributed by atoms with Crippen LogP contribution in [-0.2, 0) is 0 Å². The van der Waals surface area contributed by atoms with Crippen LogP contribution in [0.3, 0.4) is 0 Å². The number of benzene rings is 2. The highest BCUT2D eigenvalue weighted by Crippen LogP contribution is 2.22. The Morgan fingerprint density at radius 3 is 1.96 bits per heavy atom. The van der Waals surface area contributed by atoms with Crippen LogP contribution in [0.4, 0.5) is 11.4 Å². The van der Waals surface area contributed by atoms with Gasteiger partial charge in [-0.2, -0.15) is 10.2 Å². The van der Waals surface area contributed by atoms with Crippen molar-refractivity contribution < 1.29 is 20.1 Å². The number of guanidine groups is 1. The normalized spacial score (nSPS) is 11.8. The minimum Gasteiger partial charge on any atom is -0.507 e. The summed E-state index contributed by atoms with van der Waals surface area (Å²) in [5, 5.41) is 51.4. The molecule has 0 bridgehead atoms. The molecule has 2 aromatic rings. The third kappa shape index (κ3) is 5.22. The van der Waals surface area contributed by atoms with Gasteiger partial charge in [0.05, 0.1) is 22.3 Å². The van der Waals surface area contributed by atoms with Crippen LogP contribution in [0.25, 0.3) is 0 Å². The van der Waals surface area contributed by atoms with Crippen molar-refractivity contribution >= 4 is 29.8 Å². The van der Waals surface area contributed by atoms with E-state index in [9.17, 15) is 30.4 Å². The van der Waals surface area contributed by atoms with E-state index in [1.807, 2.05) is 0 Å². The van der Waals surface area contributed by atoms with Gasteiger partial charge in [-0.15, -0.1) is 5.10 Å². The minimum absolute atomic E-state index is 0.0516. The predicted octanol–water partition coefficient (Wildman–Crippen LogP) is 1.19. The molecule has 2 rings (SSSR count). The zero-order chi connectivity index (χ0) is 20.7. The Morgan fingerprint density at radius 2 is 1.46 bits per heavy atom. The molecule has 0 aliphatic heterocycles. The first-order valence-electron chi connectivity index (χ1n) is 7.38. The Morgan fingerprint density at radius 1 is 0.964 bits per heavy atom. The average molecular weight is 387 g/mol. The van der Waals surface area contributed by atoms with Gasteiger partial charge in [0.1, 0.15) is 11.5 Å². The molecule has 0 unspecified atom stereocenters. The summed E-state index contributed by atoms with van der Waals surface area (Å²) in [6, 6.07) is 6.75. The largest absolute Gasteiger partial charge is 0.507 e. The highest BCUT2D eigenvalue weighted by atomic mass is 16.6. The maximum absolute atomic E-state index is 10.7. The number of rotatable bonds is 6. The lowest BCUT2D eigenvalue weighted by molar-refractivity contribution is -0.385. The molecule has 0 fully saturated rings. The van der Waals surface area contributed by atoms with Crippen LogP contribution < -0.4 is 11.2 Å². The Hall–Kier alpha value is -4.55. The van der Waals surface area contributed by atoms with E-state index in [-0.39, 0.29) is 40.0 Å². The predicted molar refractivity (Wildman–Crippen MR) is 99.5 cm³/mol. The Balaban J connectivity index is 2.06. The number of hydrazone groups is 1. The van der Waals surface area contributed by atoms with E-state index in [1.165, 1.54) is 0 Å². The van der Waals surface area contributed by atoms with Crippen LogP contribution in [0.15, 0.2) is 51.7 Å². The summed E-state index contributed by atoms with van der Waals surface area (Å²) in [5.74, 6) is -0.761. The number of nitro groups is 2. The van der Waals surface area contributed by atoms with Crippen molar-refractivity contribution in [1.82, 2.24) is 5.43 Å². The monoisotopic (exact) mass is 387 g/mol. The first-order chi connectivity index (χ1) is 13.3. The maximum atomic E-state index is 10.7. The summed E-state index contributed by atoms with van der Waals surface area (Å²) in [4.78, 5) is 20.2. The van der Waals surface area contributed by atoms with Crippen molar-refractivity contribution in [2.45, 2.75) is 0 Å². The second-order valence-electron chi connectivity index (χ2n) is 5.10. The lowest BCUT2D eigenvalue weighted by Crippen LogP contribution is -2.26. The fraction of sp³-hybridized carbons (Fsp3) is 0. The quantitative estimate of drug-likeness (QED) is 0.245. The van der Waals surface area contributed by atoms with Crippen LogP contribution >= 0.6 is 0 Å². The summed E-state index contributed by atoms with van der Waals surface area (Å²) in [5.41, 5.74) is 7.42. The molecule has 13 nitrogen and oxygen atoms in total. The number of phenolic OH excluding ortho intramolecular Hbond substituents is 2. The Bertz CT molecular complexity index is 1000. The lowest BCUT2D eigenvalue weighted by atomic mass is 10.2. The molecule has 0 aromatic heterocycles. The van der Waals surface area contributed by atoms with Gasteiger partial charge in [0.25, 0.3) is 11.4 Å². The van der Waals surface area contributed by atoms with Gasteiger partial charge >= 0.3 is 0 Å². The van der Waals surface area contributed by atoms with E-state index < -0.39 is 9.85 Å². The van der Waals surface area contributed by atoms with Crippen molar-refractivity contribution in [2.75, 3.05) is 0 Å². The molecule has 13 heteroatoms. The molecule has 0 saturated carbocycles. The number of phenols is 2. The smallest absolute Gasteiger partial charge is 0.270 e. The van der Waals surface area contributed by atoms with Gasteiger partial charge in [-0.3, -0.25) is 20.2 Å². The number of nitrogens with one attached hydrogen (secondary N) is 1. The third-order valence-electron chi connectivity index (χ3n) is 3.19. The van der Waals surface area contributed by atoms with E-state index in [0.717, 1.165) is 48.8 Å². The summed E-state index contributed by atoms with van der Waals surface area (Å²) in [6.45, 7) is 0. The molecule has 2 aromatic carbocycles. The van der Waals surface area contributed by atoms with Gasteiger partial charge in [-0.1, -0.05) is 0 Å². The first-order valence-corrected chi connectivity index (χ1v) is 7.38. The summed E-state index contributed by atoms with van der Waals surface area (Å²) in [7, 11) is 0. The zero-order valence-corrected chi connectivity index (χ0v) is 14.0. The third-order valence-corrected chi connectivity index (χ3v) is 3.19. The second kappa shape index (κ2) is 8.70. The fourth-order valence-electron chi connectivity index (χ4n) is 1.86. The molecule has 5 N–H and O–H groups in total. The molecule has 144 valence electrons. The highest BCUT2D eigenvalue weighted by molar-refractivity contribution is 5.87. The van der Waals surface area contributed by atoms with Crippen LogP contribution in [0.1, 0.15) is 11.1 Å². The standard InChI is InChI=1S/C15H13N7O6/c16-15(19-17-7-9-5-11(21(25)26)1-3-13(9)23)20-18-8-10-6-12(22(27)28)2-4-14(10)24/h1-8,23-24H,(H3,16,19,20)/b17-7-,18-8+. The van der Waals surface area contributed by atoms with Gasteiger partial charge < -0.3 is 15.9 Å². The maximum Gasteiger partial charge on any atom is 0.270 e. The molecule has 0 spiro atoms. The van der Waals surface area contributed by atoms with E-state index in [1.54, 1.807) is 0 Å². The van der Waals surface area contributed by atoms with Crippen LogP contribution in [-0.4, -0.2) is 38.4 Å². The minimum atomic E-state index is -0.631. The van der Waals surface area contributed by atoms with E-state index in [2.05, 4.69) is 20.7 Å². The second-order valence-corrected chi connectivity index (χ2v) is 5.10. The first kappa shape index (κ1) is 19.8. The van der Waals surface area contributed by atoms with Gasteiger partial charge in [0.2, 0.25) is 5.96 Å². The topological polar surface area (TPSA) is 202 Å². The number of nitrogens with zero attached hydrogens (tertiary/aromatic N) is 5. The number of hydrogen-bond donors (Lipinski definition) is 4. The van der Waals surface area contributed by atoms with Gasteiger partial charge in [0, 0.05) is 35.4 Å². The van der Waals surface area contributed by atoms with Gasteiger partial charge in [0.15, 0.2) is 0 Å². The van der Waals surface area contributed by atoms with Crippen molar-refractivity contribution in [3.8, 4) is 11.5 Å². The molecule has 0 atom stereocenters. The SMILES string of the molecule is N/C(=N\N=C\c1cc([N+](=O)[O-])ccc1O)N/N=C\c1cc([N+](=O)[O-])ccc1O. The van der Waals surface area contributed by atoms with Crippen molar-refractivity contribution in [1.29, 1.82) is 0 Å². The average Bonchev–Trinajstić information content (AvgIpc) is 2.64. The Labute approximate surface area is 156 Å². The van der Waals surface area contributed by atoms with E-state index in [4.69, 9.17) is 5.73 Å². The van der Waals surface area contributed by atoms with Gasteiger partial charge in [-0.25, -0.2) is 5.43 Å². The summed E-state index contributed by atoms with van der Waals surface area (Å²) in [6.07, 6.45) is 2.13. The van der Waals surface area contributed by atoms with Crippen molar-refractivity contribution in [3.05, 3.63) is 67.8 Å². The molecule has 0 aliphatic carbocycles. The van der Waals surface area contributed by atoms with Crippen LogP contribution in [0.2, 0.25) is 0 Å². The molecule has 0 heterocycles. The number of hydrogen-bond acceptors (Lipinski definition) is 9. The summed E-state index contributed by atoms with van der Waals surface area (Å²) >= 11 is 0. The van der Waals surface area contributed by atoms with Gasteiger partial charge in [-0.05, 0) is 12.1 Å². The number of aromatic hydroxyl groups is 2. The lowest BCUT2D eigenvalue weighted by Gasteiger charge is -2.00. The zero-order valence-electron chi connectivity index (χ0n) is 14.0. The molecule has 0 radical (unpaired) electrons. The summed E-state index contributed by atoms with van der Waals surface area (Å²) < 4.78 is 0. The molecular formula is C15H13N7O6. The molecule has 0 amide bonds. The van der Waals surface area contributed by atoms with E-state index >= 15 is 0 Å². The van der Waals surface area contributed by atoms with Crippen molar-refractivity contribution in [2.24, 2.45) is 21.0 Å².